The van der Waals surface area contributed by atoms with Crippen LogP contribution in [-0.4, -0.2) is 11.8 Å². The molecule has 0 aromatic heterocycles. The first kappa shape index (κ1) is 15.2. The van der Waals surface area contributed by atoms with Crippen LogP contribution in [0.3, 0.4) is 0 Å². The van der Waals surface area contributed by atoms with Gasteiger partial charge < -0.3 is 10.6 Å². The molecule has 1 saturated carbocycles. The summed E-state index contributed by atoms with van der Waals surface area (Å²) in [5, 5.41) is 5.49. The summed E-state index contributed by atoms with van der Waals surface area (Å²) in [5.41, 5.74) is 1.83. The summed E-state index contributed by atoms with van der Waals surface area (Å²) in [7, 11) is 0. The molecule has 2 amide bonds. The van der Waals surface area contributed by atoms with Gasteiger partial charge in [-0.25, -0.2) is 4.39 Å². The summed E-state index contributed by atoms with van der Waals surface area (Å²) in [4.78, 5) is 23.3. The van der Waals surface area contributed by atoms with Crippen molar-refractivity contribution in [2.24, 2.45) is 5.92 Å². The van der Waals surface area contributed by atoms with Crippen LogP contribution in [0.25, 0.3) is 0 Å². The van der Waals surface area contributed by atoms with Crippen LogP contribution in [0.15, 0.2) is 48.5 Å². The van der Waals surface area contributed by atoms with E-state index in [1.165, 1.54) is 13.0 Å². The van der Waals surface area contributed by atoms with Gasteiger partial charge in [-0.15, -0.1) is 0 Å². The zero-order valence-electron chi connectivity index (χ0n) is 12.7. The zero-order valence-corrected chi connectivity index (χ0v) is 12.7. The van der Waals surface area contributed by atoms with Crippen LogP contribution in [-0.2, 0) is 9.59 Å². The molecule has 0 heterocycles. The minimum atomic E-state index is -0.263. The Morgan fingerprint density at radius 2 is 1.74 bits per heavy atom. The lowest BCUT2D eigenvalue weighted by Gasteiger charge is -2.08. The fraction of sp³-hybridized carbons (Fsp3) is 0.222. The third-order valence-corrected chi connectivity index (χ3v) is 3.88. The molecule has 0 bridgehead atoms. The van der Waals surface area contributed by atoms with Crippen molar-refractivity contribution in [2.45, 2.75) is 19.3 Å². The van der Waals surface area contributed by atoms with Crippen molar-refractivity contribution in [3.8, 4) is 0 Å². The number of hydrogen-bond donors (Lipinski definition) is 2. The molecule has 3 rings (SSSR count). The second-order valence-electron chi connectivity index (χ2n) is 5.72. The monoisotopic (exact) mass is 312 g/mol. The molecular formula is C18H17FN2O2. The fourth-order valence-electron chi connectivity index (χ4n) is 2.72. The third-order valence-electron chi connectivity index (χ3n) is 3.88. The maximum Gasteiger partial charge on any atom is 0.228 e. The van der Waals surface area contributed by atoms with E-state index in [2.05, 4.69) is 10.6 Å². The van der Waals surface area contributed by atoms with Crippen LogP contribution in [0.4, 0.5) is 15.8 Å². The molecule has 118 valence electrons. The van der Waals surface area contributed by atoms with Crippen molar-refractivity contribution in [3.63, 3.8) is 0 Å². The number of nitrogens with one attached hydrogen (secondary N) is 2. The average Bonchev–Trinajstić information content (AvgIpc) is 3.28. The molecule has 5 heteroatoms. The molecule has 2 N–H and O–H groups in total. The number of halogens is 1. The third kappa shape index (κ3) is 3.56. The van der Waals surface area contributed by atoms with Gasteiger partial charge in [0.25, 0.3) is 0 Å². The number of benzene rings is 2. The summed E-state index contributed by atoms with van der Waals surface area (Å²) in [6.45, 7) is 1.43. The van der Waals surface area contributed by atoms with E-state index in [9.17, 15) is 14.0 Å². The summed E-state index contributed by atoms with van der Waals surface area (Å²) in [6.07, 6.45) is 0.651. The standard InChI is InChI=1S/C18H17FN2O2/c1-11(22)20-12-5-4-6-13(9-12)21-18(23)16-10-15(16)14-7-2-3-8-17(14)19/h2-9,15-16H,10H2,1H3,(H,20,22)(H,21,23). The van der Waals surface area contributed by atoms with Crippen LogP contribution in [0.1, 0.15) is 24.8 Å². The first-order valence-corrected chi connectivity index (χ1v) is 7.47. The number of rotatable bonds is 4. The lowest BCUT2D eigenvalue weighted by atomic mass is 10.1. The van der Waals surface area contributed by atoms with Crippen molar-refractivity contribution in [2.75, 3.05) is 10.6 Å². The van der Waals surface area contributed by atoms with Crippen LogP contribution in [0.2, 0.25) is 0 Å². The van der Waals surface area contributed by atoms with E-state index in [0.29, 0.717) is 23.4 Å². The van der Waals surface area contributed by atoms with Gasteiger partial charge in [-0.3, -0.25) is 9.59 Å². The maximum atomic E-state index is 13.7. The molecule has 1 aliphatic rings. The predicted molar refractivity (Wildman–Crippen MR) is 86.6 cm³/mol. The van der Waals surface area contributed by atoms with Crippen molar-refractivity contribution in [1.29, 1.82) is 0 Å². The number of carbonyl (C=O) groups is 2. The van der Waals surface area contributed by atoms with E-state index >= 15 is 0 Å². The van der Waals surface area contributed by atoms with Gasteiger partial charge in [0.15, 0.2) is 0 Å². The van der Waals surface area contributed by atoms with Crippen LogP contribution in [0.5, 0.6) is 0 Å². The van der Waals surface area contributed by atoms with E-state index in [0.717, 1.165) is 0 Å². The Kier molecular flexibility index (Phi) is 4.10. The highest BCUT2D eigenvalue weighted by atomic mass is 19.1. The number of amides is 2. The molecule has 23 heavy (non-hydrogen) atoms. The summed E-state index contributed by atoms with van der Waals surface area (Å²) in [6, 6.07) is 13.5. The molecule has 1 fully saturated rings. The molecule has 2 aromatic carbocycles. The SMILES string of the molecule is CC(=O)Nc1cccc(NC(=O)C2CC2c2ccccc2F)c1. The molecule has 0 aliphatic heterocycles. The summed E-state index contributed by atoms with van der Waals surface area (Å²) >= 11 is 0. The van der Waals surface area contributed by atoms with E-state index < -0.39 is 0 Å². The van der Waals surface area contributed by atoms with Gasteiger partial charge in [0.2, 0.25) is 11.8 Å². The minimum Gasteiger partial charge on any atom is -0.326 e. The van der Waals surface area contributed by atoms with Crippen molar-refractivity contribution < 1.29 is 14.0 Å². The Balaban J connectivity index is 1.65. The second-order valence-corrected chi connectivity index (χ2v) is 5.72. The number of hydrogen-bond acceptors (Lipinski definition) is 2. The molecule has 2 aromatic rings. The highest BCUT2D eigenvalue weighted by Crippen LogP contribution is 2.48. The molecule has 2 unspecified atom stereocenters. The first-order chi connectivity index (χ1) is 11.0. The Morgan fingerprint density at radius 1 is 1.04 bits per heavy atom. The van der Waals surface area contributed by atoms with Gasteiger partial charge in [0, 0.05) is 24.2 Å². The van der Waals surface area contributed by atoms with E-state index in [1.54, 1.807) is 42.5 Å². The second kappa shape index (κ2) is 6.20. The highest BCUT2D eigenvalue weighted by molar-refractivity contribution is 5.96. The van der Waals surface area contributed by atoms with Gasteiger partial charge in [-0.2, -0.15) is 0 Å². The van der Waals surface area contributed by atoms with Gasteiger partial charge >= 0.3 is 0 Å². The molecule has 1 aliphatic carbocycles. The minimum absolute atomic E-state index is 0.0604. The molecule has 0 radical (unpaired) electrons. The topological polar surface area (TPSA) is 58.2 Å². The van der Waals surface area contributed by atoms with Gasteiger partial charge in [-0.05, 0) is 42.2 Å². The lowest BCUT2D eigenvalue weighted by Crippen LogP contribution is -2.15. The van der Waals surface area contributed by atoms with Crippen LogP contribution >= 0.6 is 0 Å². The molecule has 2 atom stereocenters. The molecular weight excluding hydrogens is 295 g/mol. The number of carbonyl (C=O) groups excluding carboxylic acids is 2. The summed E-state index contributed by atoms with van der Waals surface area (Å²) < 4.78 is 13.7. The Morgan fingerprint density at radius 3 is 2.43 bits per heavy atom. The average molecular weight is 312 g/mol. The van der Waals surface area contributed by atoms with E-state index in [-0.39, 0.29) is 29.5 Å². The quantitative estimate of drug-likeness (QED) is 0.907. The van der Waals surface area contributed by atoms with E-state index in [4.69, 9.17) is 0 Å². The first-order valence-electron chi connectivity index (χ1n) is 7.47. The maximum absolute atomic E-state index is 13.7. The Hall–Kier alpha value is -2.69. The Bertz CT molecular complexity index is 760. The van der Waals surface area contributed by atoms with Crippen LogP contribution in [0, 0.1) is 11.7 Å². The molecule has 0 saturated heterocycles. The molecule has 0 spiro atoms. The van der Waals surface area contributed by atoms with Crippen molar-refractivity contribution >= 4 is 23.2 Å². The molecule has 4 nitrogen and oxygen atoms in total. The lowest BCUT2D eigenvalue weighted by molar-refractivity contribution is -0.117. The smallest absolute Gasteiger partial charge is 0.228 e. The van der Waals surface area contributed by atoms with Gasteiger partial charge in [0.1, 0.15) is 5.82 Å². The van der Waals surface area contributed by atoms with Gasteiger partial charge in [0.05, 0.1) is 0 Å². The number of anilines is 2. The van der Waals surface area contributed by atoms with Crippen molar-refractivity contribution in [3.05, 3.63) is 59.9 Å². The predicted octanol–water partition coefficient (Wildman–Crippen LogP) is 3.53. The highest BCUT2D eigenvalue weighted by Gasteiger charge is 2.45. The van der Waals surface area contributed by atoms with Crippen LogP contribution < -0.4 is 10.6 Å². The van der Waals surface area contributed by atoms with E-state index in [1.807, 2.05) is 0 Å². The normalized spacial score (nSPS) is 19.0. The Labute approximate surface area is 133 Å². The zero-order chi connectivity index (χ0) is 16.4. The summed E-state index contributed by atoms with van der Waals surface area (Å²) in [5.74, 6) is -0.833. The largest absolute Gasteiger partial charge is 0.326 e. The van der Waals surface area contributed by atoms with Gasteiger partial charge in [-0.1, -0.05) is 24.3 Å². The fourth-order valence-corrected chi connectivity index (χ4v) is 2.72. The van der Waals surface area contributed by atoms with Crippen molar-refractivity contribution in [1.82, 2.24) is 0 Å².